The molecule has 27 heavy (non-hydrogen) atoms. The molecule has 0 aliphatic heterocycles. The molecule has 0 aliphatic rings. The summed E-state index contributed by atoms with van der Waals surface area (Å²) >= 11 is 6.02. The molecule has 0 unspecified atom stereocenters. The second kappa shape index (κ2) is 6.89. The first kappa shape index (κ1) is 17.3. The third-order valence-corrected chi connectivity index (χ3v) is 4.60. The zero-order chi connectivity index (χ0) is 19.0. The van der Waals surface area contributed by atoms with Crippen molar-refractivity contribution in [3.05, 3.63) is 65.1 Å². The average molecular weight is 381 g/mol. The molecule has 0 saturated carbocycles. The van der Waals surface area contributed by atoms with Gasteiger partial charge >= 0.3 is 0 Å². The molecular formula is C20H17ClN4O2. The molecule has 7 heteroatoms. The van der Waals surface area contributed by atoms with Crippen molar-refractivity contribution in [2.75, 3.05) is 5.32 Å². The SMILES string of the molecule is Cc1ccc(Cl)cc1NC(=O)Cn1nc(C)c2c(-c3ccco3)ccnc21. The van der Waals surface area contributed by atoms with Crippen LogP contribution in [0.15, 0.2) is 53.3 Å². The summed E-state index contributed by atoms with van der Waals surface area (Å²) in [4.78, 5) is 17.0. The summed E-state index contributed by atoms with van der Waals surface area (Å²) in [6.07, 6.45) is 3.32. The highest BCUT2D eigenvalue weighted by Gasteiger charge is 2.17. The zero-order valence-electron chi connectivity index (χ0n) is 14.9. The Morgan fingerprint density at radius 3 is 2.89 bits per heavy atom. The van der Waals surface area contributed by atoms with E-state index in [0.29, 0.717) is 16.4 Å². The van der Waals surface area contributed by atoms with Gasteiger partial charge in [0.25, 0.3) is 0 Å². The van der Waals surface area contributed by atoms with E-state index in [0.717, 1.165) is 28.0 Å². The van der Waals surface area contributed by atoms with Gasteiger partial charge in [-0.15, -0.1) is 0 Å². The van der Waals surface area contributed by atoms with E-state index < -0.39 is 0 Å². The quantitative estimate of drug-likeness (QED) is 0.561. The number of aryl methyl sites for hydroxylation is 2. The number of nitrogens with one attached hydrogen (secondary N) is 1. The first-order chi connectivity index (χ1) is 13.0. The number of anilines is 1. The van der Waals surface area contributed by atoms with Crippen molar-refractivity contribution in [1.82, 2.24) is 14.8 Å². The van der Waals surface area contributed by atoms with Crippen molar-refractivity contribution in [1.29, 1.82) is 0 Å². The number of hydrogen-bond donors (Lipinski definition) is 1. The topological polar surface area (TPSA) is 73.0 Å². The van der Waals surface area contributed by atoms with Crippen LogP contribution in [0.4, 0.5) is 5.69 Å². The maximum atomic E-state index is 12.6. The predicted molar refractivity (Wildman–Crippen MR) is 105 cm³/mol. The Labute approximate surface area is 160 Å². The maximum absolute atomic E-state index is 12.6. The molecule has 1 N–H and O–H groups in total. The lowest BCUT2D eigenvalue weighted by Crippen LogP contribution is -2.20. The lowest BCUT2D eigenvalue weighted by atomic mass is 10.1. The van der Waals surface area contributed by atoms with Gasteiger partial charge < -0.3 is 9.73 Å². The van der Waals surface area contributed by atoms with Crippen LogP contribution in [0.3, 0.4) is 0 Å². The molecule has 6 nitrogen and oxygen atoms in total. The van der Waals surface area contributed by atoms with Gasteiger partial charge in [-0.05, 0) is 49.7 Å². The Bertz CT molecular complexity index is 1130. The molecule has 0 bridgehead atoms. The number of pyridine rings is 1. The Hall–Kier alpha value is -3.12. The lowest BCUT2D eigenvalue weighted by molar-refractivity contribution is -0.116. The van der Waals surface area contributed by atoms with Crippen molar-refractivity contribution in [2.45, 2.75) is 20.4 Å². The molecule has 0 fully saturated rings. The number of fused-ring (bicyclic) bond motifs is 1. The van der Waals surface area contributed by atoms with Gasteiger partial charge in [0.15, 0.2) is 5.65 Å². The van der Waals surface area contributed by atoms with E-state index in [1.165, 1.54) is 0 Å². The van der Waals surface area contributed by atoms with Gasteiger partial charge in [-0.3, -0.25) is 4.79 Å². The molecule has 136 valence electrons. The smallest absolute Gasteiger partial charge is 0.246 e. The maximum Gasteiger partial charge on any atom is 0.246 e. The van der Waals surface area contributed by atoms with E-state index in [9.17, 15) is 4.79 Å². The first-order valence-electron chi connectivity index (χ1n) is 8.45. The number of carbonyl (C=O) groups excluding carboxylic acids is 1. The van der Waals surface area contributed by atoms with Crippen LogP contribution in [0, 0.1) is 13.8 Å². The highest BCUT2D eigenvalue weighted by Crippen LogP contribution is 2.30. The highest BCUT2D eigenvalue weighted by atomic mass is 35.5. The van der Waals surface area contributed by atoms with Crippen molar-refractivity contribution >= 4 is 34.2 Å². The van der Waals surface area contributed by atoms with Crippen LogP contribution in [0.5, 0.6) is 0 Å². The van der Waals surface area contributed by atoms with Crippen molar-refractivity contribution < 1.29 is 9.21 Å². The van der Waals surface area contributed by atoms with Gasteiger partial charge in [0, 0.05) is 22.5 Å². The summed E-state index contributed by atoms with van der Waals surface area (Å²) in [6, 6.07) is 11.0. The largest absolute Gasteiger partial charge is 0.464 e. The minimum absolute atomic E-state index is 0.0465. The van der Waals surface area contributed by atoms with Crippen LogP contribution in [0.1, 0.15) is 11.3 Å². The Kier molecular flexibility index (Phi) is 4.41. The second-order valence-electron chi connectivity index (χ2n) is 6.28. The van der Waals surface area contributed by atoms with E-state index in [-0.39, 0.29) is 12.5 Å². The number of benzene rings is 1. The number of carbonyl (C=O) groups is 1. The van der Waals surface area contributed by atoms with Gasteiger partial charge in [0.05, 0.1) is 17.3 Å². The number of furan rings is 1. The molecule has 4 rings (SSSR count). The lowest BCUT2D eigenvalue weighted by Gasteiger charge is -2.09. The van der Waals surface area contributed by atoms with Crippen LogP contribution in [0.25, 0.3) is 22.4 Å². The third kappa shape index (κ3) is 3.31. The van der Waals surface area contributed by atoms with Gasteiger partial charge in [-0.2, -0.15) is 5.10 Å². The molecular weight excluding hydrogens is 364 g/mol. The molecule has 3 heterocycles. The number of amides is 1. The molecule has 0 spiro atoms. The molecule has 1 amide bonds. The fourth-order valence-electron chi connectivity index (χ4n) is 3.08. The Morgan fingerprint density at radius 1 is 1.26 bits per heavy atom. The summed E-state index contributed by atoms with van der Waals surface area (Å²) in [5, 5.41) is 8.84. The fraction of sp³-hybridized carbons (Fsp3) is 0.150. The van der Waals surface area contributed by atoms with E-state index in [1.807, 2.05) is 38.1 Å². The Morgan fingerprint density at radius 2 is 2.11 bits per heavy atom. The number of halogens is 1. The number of hydrogen-bond acceptors (Lipinski definition) is 4. The number of nitrogens with zero attached hydrogens (tertiary/aromatic N) is 3. The first-order valence-corrected chi connectivity index (χ1v) is 8.83. The van der Waals surface area contributed by atoms with Crippen molar-refractivity contribution in [2.24, 2.45) is 0 Å². The monoisotopic (exact) mass is 380 g/mol. The van der Waals surface area contributed by atoms with Crippen LogP contribution in [-0.4, -0.2) is 20.7 Å². The molecule has 0 radical (unpaired) electrons. The third-order valence-electron chi connectivity index (χ3n) is 4.36. The minimum Gasteiger partial charge on any atom is -0.464 e. The predicted octanol–water partition coefficient (Wildman–Crippen LogP) is 4.60. The van der Waals surface area contributed by atoms with E-state index in [1.54, 1.807) is 29.3 Å². The van der Waals surface area contributed by atoms with Gasteiger partial charge in [-0.25, -0.2) is 9.67 Å². The Balaban J connectivity index is 1.66. The second-order valence-corrected chi connectivity index (χ2v) is 6.72. The molecule has 0 saturated heterocycles. The van der Waals surface area contributed by atoms with Crippen molar-refractivity contribution in [3.63, 3.8) is 0 Å². The summed E-state index contributed by atoms with van der Waals surface area (Å²) < 4.78 is 7.12. The molecule has 3 aromatic heterocycles. The zero-order valence-corrected chi connectivity index (χ0v) is 15.6. The normalized spacial score (nSPS) is 11.1. The molecule has 4 aromatic rings. The summed E-state index contributed by atoms with van der Waals surface area (Å²) in [5.74, 6) is 0.541. The minimum atomic E-state index is -0.199. The van der Waals surface area contributed by atoms with E-state index in [2.05, 4.69) is 15.4 Å². The highest BCUT2D eigenvalue weighted by molar-refractivity contribution is 6.31. The van der Waals surface area contributed by atoms with Crippen LogP contribution in [-0.2, 0) is 11.3 Å². The standard InChI is InChI=1S/C20H17ClN4O2/c1-12-5-6-14(21)10-16(12)23-18(26)11-25-20-19(13(2)24-25)15(7-8-22-20)17-4-3-9-27-17/h3-10H,11H2,1-2H3,(H,23,26). The van der Waals surface area contributed by atoms with Crippen LogP contribution < -0.4 is 5.32 Å². The number of aromatic nitrogens is 3. The van der Waals surface area contributed by atoms with Gasteiger partial charge in [0.1, 0.15) is 12.3 Å². The van der Waals surface area contributed by atoms with Gasteiger partial charge in [-0.1, -0.05) is 17.7 Å². The fourth-order valence-corrected chi connectivity index (χ4v) is 3.26. The van der Waals surface area contributed by atoms with E-state index >= 15 is 0 Å². The molecule has 0 aliphatic carbocycles. The average Bonchev–Trinajstić information content (AvgIpc) is 3.27. The van der Waals surface area contributed by atoms with Gasteiger partial charge in [0.2, 0.25) is 5.91 Å². The molecule has 1 aromatic carbocycles. The summed E-state index contributed by atoms with van der Waals surface area (Å²) in [5.41, 5.74) is 3.95. The van der Waals surface area contributed by atoms with Crippen molar-refractivity contribution in [3.8, 4) is 11.3 Å². The summed E-state index contributed by atoms with van der Waals surface area (Å²) in [7, 11) is 0. The van der Waals surface area contributed by atoms with Crippen LogP contribution in [0.2, 0.25) is 5.02 Å². The summed E-state index contributed by atoms with van der Waals surface area (Å²) in [6.45, 7) is 3.85. The van der Waals surface area contributed by atoms with Crippen LogP contribution >= 0.6 is 11.6 Å². The molecule has 0 atom stereocenters. The van der Waals surface area contributed by atoms with E-state index in [4.69, 9.17) is 16.0 Å². The number of rotatable bonds is 4.